The molecule has 3 aromatic rings. The van der Waals surface area contributed by atoms with E-state index in [0.29, 0.717) is 11.6 Å². The van der Waals surface area contributed by atoms with Gasteiger partial charge in [0.05, 0.1) is 18.2 Å². The van der Waals surface area contributed by atoms with E-state index in [1.54, 1.807) is 0 Å². The van der Waals surface area contributed by atoms with Gasteiger partial charge in [-0.3, -0.25) is 0 Å². The lowest BCUT2D eigenvalue weighted by Gasteiger charge is -2.42. The minimum Gasteiger partial charge on any atom is -0.362 e. The lowest BCUT2D eigenvalue weighted by atomic mass is 9.83. The van der Waals surface area contributed by atoms with Crippen LogP contribution >= 0.6 is 11.6 Å². The summed E-state index contributed by atoms with van der Waals surface area (Å²) in [5.41, 5.74) is 1.81. The summed E-state index contributed by atoms with van der Waals surface area (Å²) in [7, 11) is 0. The zero-order valence-corrected chi connectivity index (χ0v) is 16.8. The molecule has 1 aliphatic heterocycles. The number of benzene rings is 3. The van der Waals surface area contributed by atoms with E-state index in [2.05, 4.69) is 12.1 Å². The third kappa shape index (κ3) is 3.36. The van der Waals surface area contributed by atoms with Crippen LogP contribution in [0.5, 0.6) is 0 Å². The van der Waals surface area contributed by atoms with Crippen molar-refractivity contribution in [3.8, 4) is 0 Å². The molecular formula is C24H24ClNO2. The second-order valence-electron chi connectivity index (χ2n) is 7.77. The number of ether oxygens (including phenoxy) is 1. The van der Waals surface area contributed by atoms with E-state index in [-0.39, 0.29) is 6.04 Å². The van der Waals surface area contributed by atoms with Crippen molar-refractivity contribution in [1.29, 1.82) is 0 Å². The van der Waals surface area contributed by atoms with Gasteiger partial charge < -0.3 is 9.94 Å². The molecule has 1 fully saturated rings. The van der Waals surface area contributed by atoms with E-state index >= 15 is 0 Å². The fourth-order valence-corrected chi connectivity index (χ4v) is 3.96. The highest BCUT2D eigenvalue weighted by molar-refractivity contribution is 6.30. The standard InChI is InChI=1S/C24H24ClNO2/c1-23(2,19-9-5-3-6-10-19)26(27)22(18-13-15-21(25)16-14-18)24(17-28-24)20-11-7-4-8-12-20/h3-16,22,27H,17H2,1-2H3/t22-,24-/m0/s1. The molecule has 4 rings (SSSR count). The van der Waals surface area contributed by atoms with Crippen LogP contribution in [0.4, 0.5) is 0 Å². The van der Waals surface area contributed by atoms with Crippen molar-refractivity contribution in [3.05, 3.63) is 107 Å². The van der Waals surface area contributed by atoms with Crippen LogP contribution in [0.1, 0.15) is 36.6 Å². The molecule has 3 aromatic carbocycles. The number of nitrogens with zero attached hydrogens (tertiary/aromatic N) is 1. The Balaban J connectivity index is 1.81. The molecule has 2 atom stereocenters. The number of hydrogen-bond donors (Lipinski definition) is 1. The zero-order chi connectivity index (χ0) is 19.8. The van der Waals surface area contributed by atoms with Gasteiger partial charge in [-0.15, -0.1) is 0 Å². The van der Waals surface area contributed by atoms with Crippen molar-refractivity contribution in [2.45, 2.75) is 31.0 Å². The van der Waals surface area contributed by atoms with Gasteiger partial charge >= 0.3 is 0 Å². The van der Waals surface area contributed by atoms with Crippen LogP contribution in [0.25, 0.3) is 0 Å². The second kappa shape index (κ2) is 7.34. The Morgan fingerprint density at radius 1 is 0.929 bits per heavy atom. The molecule has 0 bridgehead atoms. The van der Waals surface area contributed by atoms with Crippen LogP contribution in [0.2, 0.25) is 5.02 Å². The summed E-state index contributed by atoms with van der Waals surface area (Å²) in [5, 5.41) is 13.7. The first kappa shape index (κ1) is 19.2. The van der Waals surface area contributed by atoms with Gasteiger partial charge in [-0.05, 0) is 42.7 Å². The molecular weight excluding hydrogens is 370 g/mol. The highest BCUT2D eigenvalue weighted by Gasteiger charge is 2.58. The van der Waals surface area contributed by atoms with E-state index in [0.717, 1.165) is 16.7 Å². The first-order valence-corrected chi connectivity index (χ1v) is 9.82. The van der Waals surface area contributed by atoms with Crippen molar-refractivity contribution < 1.29 is 9.94 Å². The van der Waals surface area contributed by atoms with Crippen LogP contribution in [-0.2, 0) is 15.9 Å². The van der Waals surface area contributed by atoms with E-state index in [9.17, 15) is 5.21 Å². The fraction of sp³-hybridized carbons (Fsp3) is 0.250. The molecule has 1 N–H and O–H groups in total. The zero-order valence-electron chi connectivity index (χ0n) is 16.0. The number of halogens is 1. The Hall–Kier alpha value is -2.17. The number of epoxide rings is 1. The maximum atomic E-state index is 11.6. The molecule has 4 heteroatoms. The topological polar surface area (TPSA) is 36.0 Å². The number of hydroxylamine groups is 2. The maximum absolute atomic E-state index is 11.6. The summed E-state index contributed by atoms with van der Waals surface area (Å²) in [6, 6.07) is 27.4. The molecule has 0 saturated carbocycles. The van der Waals surface area contributed by atoms with Gasteiger partial charge in [0.1, 0.15) is 5.60 Å². The molecule has 0 radical (unpaired) electrons. The van der Waals surface area contributed by atoms with Crippen LogP contribution in [0.15, 0.2) is 84.9 Å². The Labute approximate surface area is 171 Å². The largest absolute Gasteiger partial charge is 0.362 e. The molecule has 1 aliphatic rings. The minimum absolute atomic E-state index is 0.387. The van der Waals surface area contributed by atoms with Crippen LogP contribution in [0.3, 0.4) is 0 Å². The Bertz CT molecular complexity index is 922. The molecule has 3 nitrogen and oxygen atoms in total. The molecule has 144 valence electrons. The lowest BCUT2D eigenvalue weighted by Crippen LogP contribution is -2.46. The van der Waals surface area contributed by atoms with E-state index in [4.69, 9.17) is 16.3 Å². The molecule has 28 heavy (non-hydrogen) atoms. The van der Waals surface area contributed by atoms with E-state index in [1.165, 1.54) is 5.06 Å². The Kier molecular flexibility index (Phi) is 5.02. The molecule has 1 heterocycles. The van der Waals surface area contributed by atoms with Crippen LogP contribution in [-0.4, -0.2) is 16.9 Å². The van der Waals surface area contributed by atoms with Crippen molar-refractivity contribution >= 4 is 11.6 Å². The molecule has 1 saturated heterocycles. The highest BCUT2D eigenvalue weighted by Crippen LogP contribution is 2.53. The van der Waals surface area contributed by atoms with Crippen LogP contribution < -0.4 is 0 Å². The minimum atomic E-state index is -0.626. The van der Waals surface area contributed by atoms with Crippen molar-refractivity contribution in [1.82, 2.24) is 5.06 Å². The van der Waals surface area contributed by atoms with Gasteiger partial charge in [0.25, 0.3) is 0 Å². The third-order valence-electron chi connectivity index (χ3n) is 5.64. The predicted octanol–water partition coefficient (Wildman–Crippen LogP) is 5.93. The summed E-state index contributed by atoms with van der Waals surface area (Å²) < 4.78 is 6.05. The van der Waals surface area contributed by atoms with Crippen LogP contribution in [0, 0.1) is 0 Å². The number of rotatable bonds is 6. The Morgan fingerprint density at radius 3 is 2.00 bits per heavy atom. The van der Waals surface area contributed by atoms with E-state index in [1.807, 2.05) is 86.6 Å². The summed E-state index contributed by atoms with van der Waals surface area (Å²) >= 11 is 6.12. The smallest absolute Gasteiger partial charge is 0.138 e. The predicted molar refractivity (Wildman–Crippen MR) is 111 cm³/mol. The van der Waals surface area contributed by atoms with Crippen molar-refractivity contribution in [2.24, 2.45) is 0 Å². The highest BCUT2D eigenvalue weighted by atomic mass is 35.5. The summed E-state index contributed by atoms with van der Waals surface area (Å²) in [6.45, 7) is 4.59. The first-order valence-electron chi connectivity index (χ1n) is 9.44. The Morgan fingerprint density at radius 2 is 1.46 bits per heavy atom. The third-order valence-corrected chi connectivity index (χ3v) is 5.89. The lowest BCUT2D eigenvalue weighted by molar-refractivity contribution is -0.215. The van der Waals surface area contributed by atoms with Crippen molar-refractivity contribution in [3.63, 3.8) is 0 Å². The maximum Gasteiger partial charge on any atom is 0.138 e. The fourth-order valence-electron chi connectivity index (χ4n) is 3.83. The molecule has 0 aromatic heterocycles. The second-order valence-corrected chi connectivity index (χ2v) is 8.20. The average molecular weight is 394 g/mol. The quantitative estimate of drug-likeness (QED) is 0.416. The summed E-state index contributed by atoms with van der Waals surface area (Å²) in [4.78, 5) is 0. The van der Waals surface area contributed by atoms with Gasteiger partial charge in [-0.2, -0.15) is 5.06 Å². The van der Waals surface area contributed by atoms with Gasteiger partial charge in [0.15, 0.2) is 0 Å². The molecule has 0 amide bonds. The SMILES string of the molecule is CC(C)(c1ccccc1)N(O)[C@@H](c1ccc(Cl)cc1)[C@@]1(c2ccccc2)CO1. The normalized spacial score (nSPS) is 20.2. The van der Waals surface area contributed by atoms with Gasteiger partial charge in [0, 0.05) is 5.02 Å². The number of hydrogen-bond acceptors (Lipinski definition) is 3. The summed E-state index contributed by atoms with van der Waals surface area (Å²) in [6.07, 6.45) is 0. The average Bonchev–Trinajstić information content (AvgIpc) is 3.52. The van der Waals surface area contributed by atoms with Gasteiger partial charge in [0.2, 0.25) is 0 Å². The van der Waals surface area contributed by atoms with Crippen molar-refractivity contribution in [2.75, 3.05) is 6.61 Å². The summed E-state index contributed by atoms with van der Waals surface area (Å²) in [5.74, 6) is 0. The monoisotopic (exact) mass is 393 g/mol. The molecule has 0 aliphatic carbocycles. The van der Waals surface area contributed by atoms with Gasteiger partial charge in [-0.1, -0.05) is 84.4 Å². The first-order chi connectivity index (χ1) is 13.4. The molecule has 0 spiro atoms. The van der Waals surface area contributed by atoms with Gasteiger partial charge in [-0.25, -0.2) is 0 Å². The molecule has 0 unspecified atom stereocenters. The van der Waals surface area contributed by atoms with E-state index < -0.39 is 11.1 Å².